The van der Waals surface area contributed by atoms with Crippen molar-refractivity contribution >= 4 is 0 Å². The van der Waals surface area contributed by atoms with Gasteiger partial charge < -0.3 is 4.42 Å². The third kappa shape index (κ3) is 3.03. The highest BCUT2D eigenvalue weighted by Crippen LogP contribution is 2.36. The van der Waals surface area contributed by atoms with Crippen LogP contribution >= 0.6 is 0 Å². The molecule has 0 saturated carbocycles. The lowest BCUT2D eigenvalue weighted by Crippen LogP contribution is -2.07. The van der Waals surface area contributed by atoms with Gasteiger partial charge in [0.15, 0.2) is 0 Å². The van der Waals surface area contributed by atoms with Gasteiger partial charge in [-0.3, -0.25) is 0 Å². The molecule has 0 bridgehead atoms. The average Bonchev–Trinajstić information content (AvgIpc) is 2.93. The van der Waals surface area contributed by atoms with Crippen molar-refractivity contribution in [2.24, 2.45) is 0 Å². The first kappa shape index (κ1) is 14.4. The number of alkyl halides is 3. The maximum Gasteiger partial charge on any atom is 0.451 e. The summed E-state index contributed by atoms with van der Waals surface area (Å²) in [7, 11) is 0. The van der Waals surface area contributed by atoms with E-state index in [9.17, 15) is 13.2 Å². The fraction of sp³-hybridized carbons (Fsp3) is 0.118. The summed E-state index contributed by atoms with van der Waals surface area (Å²) < 4.78 is 44.4. The molecule has 0 atom stereocenters. The van der Waals surface area contributed by atoms with Crippen molar-refractivity contribution in [3.8, 4) is 11.5 Å². The zero-order valence-corrected chi connectivity index (χ0v) is 11.5. The minimum atomic E-state index is -4.57. The van der Waals surface area contributed by atoms with Crippen LogP contribution in [0, 0.1) is 0 Å². The second-order valence-corrected chi connectivity index (χ2v) is 4.82. The van der Waals surface area contributed by atoms with E-state index in [4.69, 9.17) is 4.42 Å². The molecular formula is C17H12F3NO. The van der Waals surface area contributed by atoms with E-state index in [1.807, 2.05) is 6.07 Å². The van der Waals surface area contributed by atoms with Crippen LogP contribution in [-0.4, -0.2) is 4.98 Å². The Bertz CT molecular complexity index is 749. The molecule has 1 aromatic heterocycles. The van der Waals surface area contributed by atoms with Crippen LogP contribution < -0.4 is 0 Å². The fourth-order valence-electron chi connectivity index (χ4n) is 2.19. The van der Waals surface area contributed by atoms with Gasteiger partial charge in [-0.15, -0.1) is 0 Å². The van der Waals surface area contributed by atoms with E-state index in [2.05, 4.69) is 4.98 Å². The second kappa shape index (κ2) is 5.67. The molecule has 3 rings (SSSR count). The van der Waals surface area contributed by atoms with Crippen LogP contribution in [0.2, 0.25) is 0 Å². The first-order valence-corrected chi connectivity index (χ1v) is 6.70. The molecule has 0 fully saturated rings. The zero-order valence-electron chi connectivity index (χ0n) is 11.5. The van der Waals surface area contributed by atoms with Crippen molar-refractivity contribution in [1.82, 2.24) is 4.98 Å². The number of oxazole rings is 1. The molecule has 0 aliphatic heterocycles. The minimum absolute atomic E-state index is 0.0149. The molecule has 2 aromatic carbocycles. The van der Waals surface area contributed by atoms with Crippen molar-refractivity contribution in [2.45, 2.75) is 12.6 Å². The topological polar surface area (TPSA) is 26.0 Å². The smallest absolute Gasteiger partial charge is 0.431 e. The number of aromatic nitrogens is 1. The molecule has 0 saturated heterocycles. The van der Waals surface area contributed by atoms with Gasteiger partial charge in [-0.05, 0) is 17.7 Å². The van der Waals surface area contributed by atoms with Gasteiger partial charge in [-0.2, -0.15) is 13.2 Å². The van der Waals surface area contributed by atoms with Crippen LogP contribution in [0.1, 0.15) is 17.0 Å². The Hall–Kier alpha value is -2.56. The van der Waals surface area contributed by atoms with E-state index in [-0.39, 0.29) is 18.0 Å². The predicted molar refractivity (Wildman–Crippen MR) is 76.2 cm³/mol. The van der Waals surface area contributed by atoms with Crippen molar-refractivity contribution in [3.05, 3.63) is 77.7 Å². The first-order valence-electron chi connectivity index (χ1n) is 6.70. The Balaban J connectivity index is 2.03. The Kier molecular flexibility index (Phi) is 3.71. The highest BCUT2D eigenvalue weighted by atomic mass is 19.4. The van der Waals surface area contributed by atoms with E-state index in [1.165, 1.54) is 0 Å². The summed E-state index contributed by atoms with van der Waals surface area (Å²) in [4.78, 5) is 4.06. The number of nitrogens with zero attached hydrogens (tertiary/aromatic N) is 1. The summed E-state index contributed by atoms with van der Waals surface area (Å²) in [5, 5.41) is 0. The molecule has 0 aliphatic rings. The van der Waals surface area contributed by atoms with Gasteiger partial charge >= 0.3 is 6.18 Å². The van der Waals surface area contributed by atoms with Crippen LogP contribution in [0.5, 0.6) is 0 Å². The lowest BCUT2D eigenvalue weighted by Gasteiger charge is -2.04. The van der Waals surface area contributed by atoms with Crippen LogP contribution in [0.4, 0.5) is 13.2 Å². The third-order valence-corrected chi connectivity index (χ3v) is 3.19. The Labute approximate surface area is 125 Å². The van der Waals surface area contributed by atoms with E-state index >= 15 is 0 Å². The van der Waals surface area contributed by atoms with E-state index in [0.29, 0.717) is 5.56 Å². The van der Waals surface area contributed by atoms with Gasteiger partial charge in [0.05, 0.1) is 5.69 Å². The van der Waals surface area contributed by atoms with Crippen molar-refractivity contribution in [1.29, 1.82) is 0 Å². The monoisotopic (exact) mass is 303 g/mol. The standard InChI is InChI=1S/C17H12F3NO/c18-17(19,20)15-14(11-12-7-3-1-4-8-12)21-16(22-15)13-9-5-2-6-10-13/h1-10H,11H2. The lowest BCUT2D eigenvalue weighted by molar-refractivity contribution is -0.153. The number of halogens is 3. The van der Waals surface area contributed by atoms with Gasteiger partial charge in [0.25, 0.3) is 0 Å². The molecular weight excluding hydrogens is 291 g/mol. The molecule has 112 valence electrons. The maximum atomic E-state index is 13.1. The second-order valence-electron chi connectivity index (χ2n) is 4.82. The third-order valence-electron chi connectivity index (χ3n) is 3.19. The Morgan fingerprint density at radius 3 is 2.05 bits per heavy atom. The number of rotatable bonds is 3. The summed E-state index contributed by atoms with van der Waals surface area (Å²) in [6, 6.07) is 17.5. The summed E-state index contributed by atoms with van der Waals surface area (Å²) in [6.45, 7) is 0. The Morgan fingerprint density at radius 1 is 0.864 bits per heavy atom. The van der Waals surface area contributed by atoms with Crippen LogP contribution in [0.25, 0.3) is 11.5 Å². The number of benzene rings is 2. The fourth-order valence-corrected chi connectivity index (χ4v) is 2.19. The molecule has 3 aromatic rings. The van der Waals surface area contributed by atoms with Crippen LogP contribution in [-0.2, 0) is 12.6 Å². The molecule has 22 heavy (non-hydrogen) atoms. The van der Waals surface area contributed by atoms with Gasteiger partial charge in [0.1, 0.15) is 0 Å². The molecule has 0 N–H and O–H groups in total. The largest absolute Gasteiger partial charge is 0.451 e. The number of hydrogen-bond donors (Lipinski definition) is 0. The molecule has 2 nitrogen and oxygen atoms in total. The highest BCUT2D eigenvalue weighted by Gasteiger charge is 2.39. The summed E-state index contributed by atoms with van der Waals surface area (Å²) in [5.41, 5.74) is 1.17. The van der Waals surface area contributed by atoms with Gasteiger partial charge in [-0.1, -0.05) is 48.5 Å². The molecule has 1 heterocycles. The van der Waals surface area contributed by atoms with Gasteiger partial charge in [-0.25, -0.2) is 4.98 Å². The van der Waals surface area contributed by atoms with E-state index in [1.54, 1.807) is 54.6 Å². The maximum absolute atomic E-state index is 13.1. The molecule has 0 spiro atoms. The summed E-state index contributed by atoms with van der Waals surface area (Å²) in [5.74, 6) is -1.05. The van der Waals surface area contributed by atoms with Gasteiger partial charge in [0, 0.05) is 12.0 Å². The van der Waals surface area contributed by atoms with E-state index in [0.717, 1.165) is 5.56 Å². The van der Waals surface area contributed by atoms with Crippen LogP contribution in [0.15, 0.2) is 65.1 Å². The Morgan fingerprint density at radius 2 is 1.45 bits per heavy atom. The van der Waals surface area contributed by atoms with Gasteiger partial charge in [0.2, 0.25) is 11.7 Å². The molecule has 0 unspecified atom stereocenters. The summed E-state index contributed by atoms with van der Waals surface area (Å²) in [6.07, 6.45) is -4.49. The average molecular weight is 303 g/mol. The summed E-state index contributed by atoms with van der Waals surface area (Å²) >= 11 is 0. The highest BCUT2D eigenvalue weighted by molar-refractivity contribution is 5.53. The normalized spacial score (nSPS) is 11.6. The van der Waals surface area contributed by atoms with Crippen LogP contribution in [0.3, 0.4) is 0 Å². The lowest BCUT2D eigenvalue weighted by atomic mass is 10.1. The van der Waals surface area contributed by atoms with Crippen molar-refractivity contribution in [3.63, 3.8) is 0 Å². The molecule has 0 amide bonds. The predicted octanol–water partition coefficient (Wildman–Crippen LogP) is 4.95. The molecule has 0 radical (unpaired) electrons. The zero-order chi connectivity index (χ0) is 15.6. The first-order chi connectivity index (χ1) is 10.5. The van der Waals surface area contributed by atoms with Crippen molar-refractivity contribution < 1.29 is 17.6 Å². The minimum Gasteiger partial charge on any atom is -0.431 e. The SMILES string of the molecule is FC(F)(F)c1oc(-c2ccccc2)nc1Cc1ccccc1. The van der Waals surface area contributed by atoms with Crippen molar-refractivity contribution in [2.75, 3.05) is 0 Å². The van der Waals surface area contributed by atoms with E-state index < -0.39 is 11.9 Å². The number of hydrogen-bond acceptors (Lipinski definition) is 2. The quantitative estimate of drug-likeness (QED) is 0.684. The molecule has 5 heteroatoms. The molecule has 0 aliphatic carbocycles.